The van der Waals surface area contributed by atoms with E-state index in [1.54, 1.807) is 26.5 Å². The van der Waals surface area contributed by atoms with Gasteiger partial charge in [-0.2, -0.15) is 0 Å². The maximum atomic E-state index is 11.5. The summed E-state index contributed by atoms with van der Waals surface area (Å²) in [6.07, 6.45) is 5.00. The second kappa shape index (κ2) is 5.27. The van der Waals surface area contributed by atoms with Crippen LogP contribution in [0.25, 0.3) is 11.1 Å². The molecule has 1 aromatic heterocycles. The Bertz CT molecular complexity index is 522. The van der Waals surface area contributed by atoms with E-state index in [9.17, 15) is 4.79 Å². The Labute approximate surface area is 105 Å². The lowest BCUT2D eigenvalue weighted by Crippen LogP contribution is -2.27. The van der Waals surface area contributed by atoms with Crippen LogP contribution in [0.4, 0.5) is 10.5 Å². The van der Waals surface area contributed by atoms with Crippen molar-refractivity contribution in [1.82, 2.24) is 14.9 Å². The Morgan fingerprint density at radius 2 is 1.67 bits per heavy atom. The van der Waals surface area contributed by atoms with Crippen LogP contribution in [0, 0.1) is 0 Å². The van der Waals surface area contributed by atoms with Crippen LogP contribution in [-0.4, -0.2) is 35.0 Å². The minimum absolute atomic E-state index is 0.147. The number of carbonyl (C=O) groups excluding carboxylic acids is 1. The van der Waals surface area contributed by atoms with Gasteiger partial charge in [0.15, 0.2) is 0 Å². The number of hydrogen-bond donors (Lipinski definition) is 1. The number of anilines is 1. The van der Waals surface area contributed by atoms with E-state index in [1.165, 1.54) is 11.2 Å². The molecule has 0 spiro atoms. The number of amides is 2. The highest BCUT2D eigenvalue weighted by Gasteiger charge is 2.04. The number of rotatable bonds is 2. The standard InChI is InChI=1S/C13H14N4O/c1-17(2)13(18)16-12-5-3-10(4-6-12)11-7-14-9-15-8-11/h3-9H,1-2H3,(H,16,18). The minimum atomic E-state index is -0.147. The van der Waals surface area contributed by atoms with Crippen molar-refractivity contribution in [3.05, 3.63) is 43.0 Å². The summed E-state index contributed by atoms with van der Waals surface area (Å²) >= 11 is 0. The van der Waals surface area contributed by atoms with Crippen molar-refractivity contribution in [3.8, 4) is 11.1 Å². The monoisotopic (exact) mass is 242 g/mol. The van der Waals surface area contributed by atoms with E-state index in [0.717, 1.165) is 16.8 Å². The van der Waals surface area contributed by atoms with Crippen molar-refractivity contribution in [1.29, 1.82) is 0 Å². The molecule has 1 heterocycles. The van der Waals surface area contributed by atoms with Crippen LogP contribution in [-0.2, 0) is 0 Å². The second-order valence-electron chi connectivity index (χ2n) is 4.03. The first-order valence-electron chi connectivity index (χ1n) is 5.50. The van der Waals surface area contributed by atoms with Gasteiger partial charge in [0.1, 0.15) is 6.33 Å². The molecule has 5 heteroatoms. The average Bonchev–Trinajstić information content (AvgIpc) is 2.40. The first kappa shape index (κ1) is 12.0. The van der Waals surface area contributed by atoms with E-state index in [0.29, 0.717) is 0 Å². The summed E-state index contributed by atoms with van der Waals surface area (Å²) in [5.41, 5.74) is 2.72. The molecule has 2 rings (SSSR count). The molecular formula is C13H14N4O. The molecule has 1 aromatic carbocycles. The Hall–Kier alpha value is -2.43. The summed E-state index contributed by atoms with van der Waals surface area (Å²) in [6, 6.07) is 7.40. The third-order valence-corrected chi connectivity index (χ3v) is 2.44. The zero-order valence-corrected chi connectivity index (χ0v) is 10.3. The molecule has 92 valence electrons. The minimum Gasteiger partial charge on any atom is -0.331 e. The summed E-state index contributed by atoms with van der Waals surface area (Å²) in [6.45, 7) is 0. The van der Waals surface area contributed by atoms with Crippen molar-refractivity contribution in [3.63, 3.8) is 0 Å². The summed E-state index contributed by atoms with van der Waals surface area (Å²) in [5, 5.41) is 2.78. The maximum Gasteiger partial charge on any atom is 0.321 e. The zero-order valence-electron chi connectivity index (χ0n) is 10.3. The highest BCUT2D eigenvalue weighted by Crippen LogP contribution is 2.19. The van der Waals surface area contributed by atoms with Crippen LogP contribution in [0.2, 0.25) is 0 Å². The third kappa shape index (κ3) is 2.82. The highest BCUT2D eigenvalue weighted by molar-refractivity contribution is 5.89. The topological polar surface area (TPSA) is 58.1 Å². The van der Waals surface area contributed by atoms with Gasteiger partial charge in [0.2, 0.25) is 0 Å². The molecule has 0 unspecified atom stereocenters. The van der Waals surface area contributed by atoms with Crippen LogP contribution in [0.5, 0.6) is 0 Å². The fourth-order valence-corrected chi connectivity index (χ4v) is 1.43. The Balaban J connectivity index is 2.13. The molecule has 2 aromatic rings. The number of nitrogens with zero attached hydrogens (tertiary/aromatic N) is 3. The van der Waals surface area contributed by atoms with Gasteiger partial charge in [0.05, 0.1) is 0 Å². The summed E-state index contributed by atoms with van der Waals surface area (Å²) < 4.78 is 0. The van der Waals surface area contributed by atoms with E-state index in [4.69, 9.17) is 0 Å². The predicted octanol–water partition coefficient (Wildman–Crippen LogP) is 2.24. The van der Waals surface area contributed by atoms with Crippen molar-refractivity contribution in [2.24, 2.45) is 0 Å². The predicted molar refractivity (Wildman–Crippen MR) is 70.2 cm³/mol. The SMILES string of the molecule is CN(C)C(=O)Nc1ccc(-c2cncnc2)cc1. The van der Waals surface area contributed by atoms with Crippen LogP contribution in [0.3, 0.4) is 0 Å². The molecule has 2 amide bonds. The second-order valence-corrected chi connectivity index (χ2v) is 4.03. The van der Waals surface area contributed by atoms with Gasteiger partial charge in [0, 0.05) is 37.7 Å². The normalized spacial score (nSPS) is 9.89. The van der Waals surface area contributed by atoms with Gasteiger partial charge in [-0.15, -0.1) is 0 Å². The smallest absolute Gasteiger partial charge is 0.321 e. The van der Waals surface area contributed by atoms with E-state index >= 15 is 0 Å². The van der Waals surface area contributed by atoms with Crippen molar-refractivity contribution in [2.45, 2.75) is 0 Å². The number of benzene rings is 1. The Kier molecular flexibility index (Phi) is 3.52. The molecule has 1 N–H and O–H groups in total. The lowest BCUT2D eigenvalue weighted by atomic mass is 10.1. The number of urea groups is 1. The number of nitrogens with one attached hydrogen (secondary N) is 1. The number of aromatic nitrogens is 2. The molecule has 0 fully saturated rings. The van der Waals surface area contributed by atoms with E-state index in [2.05, 4.69) is 15.3 Å². The molecule has 0 saturated heterocycles. The third-order valence-electron chi connectivity index (χ3n) is 2.44. The van der Waals surface area contributed by atoms with Crippen LogP contribution >= 0.6 is 0 Å². The molecule has 0 radical (unpaired) electrons. The summed E-state index contributed by atoms with van der Waals surface area (Å²) in [4.78, 5) is 20.9. The largest absolute Gasteiger partial charge is 0.331 e. The lowest BCUT2D eigenvalue weighted by molar-refractivity contribution is 0.230. The number of hydrogen-bond acceptors (Lipinski definition) is 3. The fourth-order valence-electron chi connectivity index (χ4n) is 1.43. The maximum absolute atomic E-state index is 11.5. The van der Waals surface area contributed by atoms with E-state index in [-0.39, 0.29) is 6.03 Å². The Morgan fingerprint density at radius 1 is 1.06 bits per heavy atom. The van der Waals surface area contributed by atoms with Gasteiger partial charge in [-0.25, -0.2) is 14.8 Å². The first-order valence-corrected chi connectivity index (χ1v) is 5.50. The van der Waals surface area contributed by atoms with Crippen molar-refractivity contribution in [2.75, 3.05) is 19.4 Å². The molecule has 0 aliphatic carbocycles. The molecule has 0 aliphatic heterocycles. The van der Waals surface area contributed by atoms with Crippen molar-refractivity contribution < 1.29 is 4.79 Å². The van der Waals surface area contributed by atoms with Crippen LogP contribution in [0.15, 0.2) is 43.0 Å². The molecular weight excluding hydrogens is 228 g/mol. The zero-order chi connectivity index (χ0) is 13.0. The van der Waals surface area contributed by atoms with Gasteiger partial charge in [-0.3, -0.25) is 0 Å². The van der Waals surface area contributed by atoms with Crippen LogP contribution in [0.1, 0.15) is 0 Å². The molecule has 0 saturated carbocycles. The van der Waals surface area contributed by atoms with Gasteiger partial charge in [-0.05, 0) is 17.7 Å². The van der Waals surface area contributed by atoms with Gasteiger partial charge < -0.3 is 10.2 Å². The molecule has 0 bridgehead atoms. The lowest BCUT2D eigenvalue weighted by Gasteiger charge is -2.12. The molecule has 5 nitrogen and oxygen atoms in total. The number of carbonyl (C=O) groups is 1. The Morgan fingerprint density at radius 3 is 2.22 bits per heavy atom. The van der Waals surface area contributed by atoms with Crippen molar-refractivity contribution >= 4 is 11.7 Å². The molecule has 0 atom stereocenters. The molecule has 18 heavy (non-hydrogen) atoms. The summed E-state index contributed by atoms with van der Waals surface area (Å²) in [5.74, 6) is 0. The van der Waals surface area contributed by atoms with Gasteiger partial charge in [-0.1, -0.05) is 12.1 Å². The first-order chi connectivity index (χ1) is 8.66. The van der Waals surface area contributed by atoms with Gasteiger partial charge in [0.25, 0.3) is 0 Å². The van der Waals surface area contributed by atoms with E-state index in [1.807, 2.05) is 24.3 Å². The van der Waals surface area contributed by atoms with E-state index < -0.39 is 0 Å². The molecule has 0 aliphatic rings. The average molecular weight is 242 g/mol. The van der Waals surface area contributed by atoms with Gasteiger partial charge >= 0.3 is 6.03 Å². The highest BCUT2D eigenvalue weighted by atomic mass is 16.2. The van der Waals surface area contributed by atoms with Crippen LogP contribution < -0.4 is 5.32 Å². The summed E-state index contributed by atoms with van der Waals surface area (Å²) in [7, 11) is 3.40. The fraction of sp³-hybridized carbons (Fsp3) is 0.154. The quantitative estimate of drug-likeness (QED) is 0.878.